The van der Waals surface area contributed by atoms with Gasteiger partial charge in [-0.1, -0.05) is 11.6 Å². The van der Waals surface area contributed by atoms with Gasteiger partial charge in [0.1, 0.15) is 22.8 Å². The van der Waals surface area contributed by atoms with Crippen LogP contribution in [-0.4, -0.2) is 28.4 Å². The zero-order valence-electron chi connectivity index (χ0n) is 15.2. The van der Waals surface area contributed by atoms with Crippen molar-refractivity contribution in [3.63, 3.8) is 0 Å². The third-order valence-corrected chi connectivity index (χ3v) is 3.82. The van der Waals surface area contributed by atoms with Crippen LogP contribution >= 0.6 is 0 Å². The average molecular weight is 358 g/mol. The molecule has 0 aliphatic heterocycles. The number of rotatable bonds is 5. The van der Waals surface area contributed by atoms with Crippen molar-refractivity contribution in [3.8, 4) is 28.7 Å². The molecule has 2 rings (SSSR count). The fourth-order valence-corrected chi connectivity index (χ4v) is 2.59. The lowest BCUT2D eigenvalue weighted by molar-refractivity contribution is 0.0729. The van der Waals surface area contributed by atoms with Gasteiger partial charge in [-0.15, -0.1) is 0 Å². The van der Waals surface area contributed by atoms with Crippen molar-refractivity contribution in [3.05, 3.63) is 52.6 Å². The number of allylic oxidation sites excluding steroid dienone is 2. The van der Waals surface area contributed by atoms with Crippen molar-refractivity contribution in [1.29, 1.82) is 0 Å². The number of hydrogen-bond donors (Lipinski definition) is 3. The molecule has 0 amide bonds. The number of carbonyl (C=O) groups is 1. The summed E-state index contributed by atoms with van der Waals surface area (Å²) in [7, 11) is 1.42. The van der Waals surface area contributed by atoms with Gasteiger partial charge in [-0.05, 0) is 51.0 Å². The number of esters is 1. The molecule has 0 saturated heterocycles. The van der Waals surface area contributed by atoms with Gasteiger partial charge >= 0.3 is 5.97 Å². The van der Waals surface area contributed by atoms with E-state index in [9.17, 15) is 20.1 Å². The van der Waals surface area contributed by atoms with E-state index in [1.165, 1.54) is 25.3 Å². The molecule has 0 radical (unpaired) electrons. The molecule has 0 aliphatic rings. The van der Waals surface area contributed by atoms with Gasteiger partial charge in [-0.3, -0.25) is 0 Å². The minimum atomic E-state index is -0.772. The Bertz CT molecular complexity index is 840. The minimum absolute atomic E-state index is 0.0389. The molecule has 138 valence electrons. The first-order valence-electron chi connectivity index (χ1n) is 8.01. The number of hydrogen-bond acceptors (Lipinski definition) is 6. The molecular weight excluding hydrogens is 336 g/mol. The highest BCUT2D eigenvalue weighted by molar-refractivity contribution is 5.96. The molecule has 3 N–H and O–H groups in total. The molecule has 6 nitrogen and oxygen atoms in total. The van der Waals surface area contributed by atoms with Crippen LogP contribution in [0.5, 0.6) is 28.7 Å². The van der Waals surface area contributed by atoms with Crippen LogP contribution in [0.1, 0.15) is 35.3 Å². The van der Waals surface area contributed by atoms with E-state index >= 15 is 0 Å². The van der Waals surface area contributed by atoms with Gasteiger partial charge in [0.15, 0.2) is 11.5 Å². The lowest BCUT2D eigenvalue weighted by Gasteiger charge is -2.15. The summed E-state index contributed by atoms with van der Waals surface area (Å²) in [4.78, 5) is 12.6. The van der Waals surface area contributed by atoms with Crippen LogP contribution in [-0.2, 0) is 6.42 Å². The number of aromatic hydroxyl groups is 3. The molecular formula is C20H22O6. The number of benzene rings is 2. The maximum Gasteiger partial charge on any atom is 0.347 e. The van der Waals surface area contributed by atoms with E-state index in [0.29, 0.717) is 17.5 Å². The first-order valence-corrected chi connectivity index (χ1v) is 8.01. The lowest BCUT2D eigenvalue weighted by Crippen LogP contribution is -2.12. The smallest absolute Gasteiger partial charge is 0.347 e. The zero-order chi connectivity index (χ0) is 19.4. The predicted molar refractivity (Wildman–Crippen MR) is 97.3 cm³/mol. The summed E-state index contributed by atoms with van der Waals surface area (Å²) < 4.78 is 10.7. The zero-order valence-corrected chi connectivity index (χ0v) is 15.2. The monoisotopic (exact) mass is 358 g/mol. The van der Waals surface area contributed by atoms with E-state index in [2.05, 4.69) is 0 Å². The highest BCUT2D eigenvalue weighted by atomic mass is 16.5. The highest BCUT2D eigenvalue weighted by Crippen LogP contribution is 2.38. The van der Waals surface area contributed by atoms with Crippen molar-refractivity contribution in [2.45, 2.75) is 27.2 Å². The molecule has 0 saturated carbocycles. The maximum atomic E-state index is 12.6. The van der Waals surface area contributed by atoms with Gasteiger partial charge in [0, 0.05) is 11.6 Å². The molecule has 2 aromatic rings. The Morgan fingerprint density at radius 2 is 1.81 bits per heavy atom. The van der Waals surface area contributed by atoms with Gasteiger partial charge in [0.05, 0.1) is 7.11 Å². The lowest BCUT2D eigenvalue weighted by atomic mass is 10.1. The van der Waals surface area contributed by atoms with Crippen LogP contribution < -0.4 is 9.47 Å². The SMILES string of the molecule is COc1c(O)ccc(OC(=O)c2c(C)cc(O)cc2O)c1CC=C(C)C. The Labute approximate surface area is 151 Å². The van der Waals surface area contributed by atoms with Crippen LogP contribution in [0.2, 0.25) is 0 Å². The second kappa shape index (κ2) is 7.82. The van der Waals surface area contributed by atoms with Crippen LogP contribution in [0.4, 0.5) is 0 Å². The average Bonchev–Trinajstić information content (AvgIpc) is 2.53. The first kappa shape index (κ1) is 19.2. The number of methoxy groups -OCH3 is 1. The topological polar surface area (TPSA) is 96.2 Å². The van der Waals surface area contributed by atoms with Crippen molar-refractivity contribution in [2.24, 2.45) is 0 Å². The van der Waals surface area contributed by atoms with Crippen molar-refractivity contribution < 1.29 is 29.6 Å². The molecule has 0 spiro atoms. The number of aryl methyl sites for hydroxylation is 1. The number of carbonyl (C=O) groups excluding carboxylic acids is 1. The van der Waals surface area contributed by atoms with Crippen LogP contribution in [0.3, 0.4) is 0 Å². The Morgan fingerprint density at radius 1 is 1.12 bits per heavy atom. The van der Waals surface area contributed by atoms with E-state index in [-0.39, 0.29) is 34.3 Å². The van der Waals surface area contributed by atoms with Crippen LogP contribution in [0.25, 0.3) is 0 Å². The summed E-state index contributed by atoms with van der Waals surface area (Å²) in [5, 5.41) is 29.5. The van der Waals surface area contributed by atoms with Crippen LogP contribution in [0, 0.1) is 6.92 Å². The predicted octanol–water partition coefficient (Wildman–Crippen LogP) is 3.85. The number of phenols is 3. The van der Waals surface area contributed by atoms with Gasteiger partial charge in [-0.25, -0.2) is 4.79 Å². The second-order valence-corrected chi connectivity index (χ2v) is 6.13. The van der Waals surface area contributed by atoms with Crippen molar-refractivity contribution >= 4 is 5.97 Å². The molecule has 0 atom stereocenters. The van der Waals surface area contributed by atoms with Gasteiger partial charge in [0.2, 0.25) is 0 Å². The summed E-state index contributed by atoms with van der Waals surface area (Å²) in [6, 6.07) is 5.27. The Balaban J connectivity index is 2.46. The molecule has 0 aliphatic carbocycles. The van der Waals surface area contributed by atoms with Crippen molar-refractivity contribution in [2.75, 3.05) is 7.11 Å². The summed E-state index contributed by atoms with van der Waals surface area (Å²) in [5.41, 5.74) is 1.91. The summed E-state index contributed by atoms with van der Waals surface area (Å²) in [6.07, 6.45) is 2.31. The van der Waals surface area contributed by atoms with E-state index in [0.717, 1.165) is 11.6 Å². The summed E-state index contributed by atoms with van der Waals surface area (Å²) >= 11 is 0. The molecule has 0 aromatic heterocycles. The molecule has 0 unspecified atom stereocenters. The molecule has 0 bridgehead atoms. The largest absolute Gasteiger partial charge is 0.508 e. The van der Waals surface area contributed by atoms with E-state index in [1.54, 1.807) is 6.92 Å². The van der Waals surface area contributed by atoms with Crippen LogP contribution in [0.15, 0.2) is 35.9 Å². The van der Waals surface area contributed by atoms with Gasteiger partial charge in [-0.2, -0.15) is 0 Å². The number of phenolic OH excluding ortho intramolecular Hbond substituents is 3. The molecule has 6 heteroatoms. The third kappa shape index (κ3) is 4.08. The minimum Gasteiger partial charge on any atom is -0.508 e. The maximum absolute atomic E-state index is 12.6. The Kier molecular flexibility index (Phi) is 5.77. The summed E-state index contributed by atoms with van der Waals surface area (Å²) in [6.45, 7) is 5.44. The molecule has 26 heavy (non-hydrogen) atoms. The van der Waals surface area contributed by atoms with Gasteiger partial charge < -0.3 is 24.8 Å². The summed E-state index contributed by atoms with van der Waals surface area (Å²) in [5.74, 6) is -0.913. The standard InChI is InChI=1S/C20H22O6/c1-11(2)5-6-14-17(8-7-15(22)19(14)25-4)26-20(24)18-12(3)9-13(21)10-16(18)23/h5,7-10,21-23H,6H2,1-4H3. The Hall–Kier alpha value is -3.15. The third-order valence-electron chi connectivity index (χ3n) is 3.82. The molecule has 0 heterocycles. The first-order chi connectivity index (χ1) is 12.2. The molecule has 2 aromatic carbocycles. The van der Waals surface area contributed by atoms with Crippen molar-refractivity contribution in [1.82, 2.24) is 0 Å². The second-order valence-electron chi connectivity index (χ2n) is 6.13. The van der Waals surface area contributed by atoms with E-state index < -0.39 is 5.97 Å². The highest BCUT2D eigenvalue weighted by Gasteiger charge is 2.21. The normalized spacial score (nSPS) is 10.3. The fraction of sp³-hybridized carbons (Fsp3) is 0.250. The van der Waals surface area contributed by atoms with E-state index in [1.807, 2.05) is 19.9 Å². The quantitative estimate of drug-likeness (QED) is 0.427. The Morgan fingerprint density at radius 3 is 2.38 bits per heavy atom. The number of ether oxygens (including phenoxy) is 2. The van der Waals surface area contributed by atoms with E-state index in [4.69, 9.17) is 9.47 Å². The van der Waals surface area contributed by atoms with Gasteiger partial charge in [0.25, 0.3) is 0 Å². The fourth-order valence-electron chi connectivity index (χ4n) is 2.59. The molecule has 0 fully saturated rings.